The van der Waals surface area contributed by atoms with Crippen molar-refractivity contribution in [2.45, 2.75) is 52.2 Å². The number of nitrogens with zero attached hydrogens (tertiary/aromatic N) is 2. The Hall–Kier alpha value is -0.805. The lowest BCUT2D eigenvalue weighted by molar-refractivity contribution is 0.00578. The number of aryl methyl sites for hydroxylation is 1. The molecule has 2 heterocycles. The van der Waals surface area contributed by atoms with Crippen LogP contribution in [-0.2, 0) is 22.8 Å². The van der Waals surface area contributed by atoms with Crippen LogP contribution in [0.4, 0.5) is 0 Å². The van der Waals surface area contributed by atoms with Crippen LogP contribution < -0.4 is 5.46 Å². The first-order valence-electron chi connectivity index (χ1n) is 6.15. The van der Waals surface area contributed by atoms with Crippen LogP contribution in [0.3, 0.4) is 0 Å². The molecule has 5 heteroatoms. The highest BCUT2D eigenvalue weighted by atomic mass is 16.7. The molecule has 0 unspecified atom stereocenters. The monoisotopic (exact) mass is 236 g/mol. The minimum Gasteiger partial charge on any atom is -0.399 e. The van der Waals surface area contributed by atoms with Gasteiger partial charge in [0.25, 0.3) is 0 Å². The molecular formula is C12H21BN2O2. The molecule has 0 atom stereocenters. The van der Waals surface area contributed by atoms with Crippen molar-refractivity contribution in [2.24, 2.45) is 7.05 Å². The molecule has 1 aromatic heterocycles. The zero-order chi connectivity index (χ0) is 12.8. The van der Waals surface area contributed by atoms with E-state index in [1.807, 2.05) is 17.9 Å². The fourth-order valence-corrected chi connectivity index (χ4v) is 2.08. The first-order chi connectivity index (χ1) is 7.78. The maximum absolute atomic E-state index is 6.03. The molecule has 0 spiro atoms. The first kappa shape index (κ1) is 12.6. The second-order valence-electron chi connectivity index (χ2n) is 5.61. The van der Waals surface area contributed by atoms with Crippen LogP contribution in [0.5, 0.6) is 0 Å². The fourth-order valence-electron chi connectivity index (χ4n) is 2.08. The van der Waals surface area contributed by atoms with E-state index >= 15 is 0 Å². The summed E-state index contributed by atoms with van der Waals surface area (Å²) < 4.78 is 14.0. The summed E-state index contributed by atoms with van der Waals surface area (Å²) >= 11 is 0. The molecule has 0 saturated carbocycles. The lowest BCUT2D eigenvalue weighted by atomic mass is 9.79. The molecule has 0 aromatic carbocycles. The molecule has 0 radical (unpaired) electrons. The van der Waals surface area contributed by atoms with Gasteiger partial charge in [-0.25, -0.2) is 0 Å². The molecule has 0 amide bonds. The third kappa shape index (κ3) is 1.91. The van der Waals surface area contributed by atoms with E-state index in [1.54, 1.807) is 0 Å². The van der Waals surface area contributed by atoms with Gasteiger partial charge in [-0.15, -0.1) is 0 Å². The minimum atomic E-state index is -0.302. The molecule has 1 aliphatic heterocycles. The standard InChI is InChI=1S/C12H21BN2O2/c1-7-10-9(8-14-15(10)6)13-16-11(2,3)12(4,5)17-13/h8H,7H2,1-6H3. The van der Waals surface area contributed by atoms with Crippen molar-refractivity contribution in [1.29, 1.82) is 0 Å². The zero-order valence-corrected chi connectivity index (χ0v) is 11.6. The second kappa shape index (κ2) is 3.85. The highest BCUT2D eigenvalue weighted by Crippen LogP contribution is 2.36. The van der Waals surface area contributed by atoms with Gasteiger partial charge >= 0.3 is 7.12 Å². The minimum absolute atomic E-state index is 0.293. The van der Waals surface area contributed by atoms with Crippen LogP contribution in [0.1, 0.15) is 40.3 Å². The molecular weight excluding hydrogens is 215 g/mol. The maximum atomic E-state index is 6.03. The van der Waals surface area contributed by atoms with Crippen LogP contribution in [0.25, 0.3) is 0 Å². The van der Waals surface area contributed by atoms with E-state index in [-0.39, 0.29) is 18.3 Å². The quantitative estimate of drug-likeness (QED) is 0.726. The molecule has 1 saturated heterocycles. The van der Waals surface area contributed by atoms with E-state index in [9.17, 15) is 0 Å². The van der Waals surface area contributed by atoms with Gasteiger partial charge in [0.05, 0.1) is 11.2 Å². The van der Waals surface area contributed by atoms with Gasteiger partial charge in [0.2, 0.25) is 0 Å². The van der Waals surface area contributed by atoms with Gasteiger partial charge in [-0.1, -0.05) is 6.92 Å². The lowest BCUT2D eigenvalue weighted by Crippen LogP contribution is -2.41. The van der Waals surface area contributed by atoms with Crippen LogP contribution in [0.2, 0.25) is 0 Å². The Morgan fingerprint density at radius 3 is 2.24 bits per heavy atom. The number of aromatic nitrogens is 2. The molecule has 1 aromatic rings. The van der Waals surface area contributed by atoms with E-state index in [0.29, 0.717) is 0 Å². The number of rotatable bonds is 2. The highest BCUT2D eigenvalue weighted by Gasteiger charge is 2.52. The Morgan fingerprint density at radius 2 is 1.76 bits per heavy atom. The molecule has 1 fully saturated rings. The van der Waals surface area contributed by atoms with E-state index in [4.69, 9.17) is 9.31 Å². The summed E-state index contributed by atoms with van der Waals surface area (Å²) in [5.74, 6) is 0. The molecule has 0 N–H and O–H groups in total. The number of hydrogen-bond donors (Lipinski definition) is 0. The summed E-state index contributed by atoms with van der Waals surface area (Å²) in [4.78, 5) is 0. The highest BCUT2D eigenvalue weighted by molar-refractivity contribution is 6.62. The van der Waals surface area contributed by atoms with Gasteiger partial charge < -0.3 is 9.31 Å². The average molecular weight is 236 g/mol. The molecule has 0 bridgehead atoms. The number of hydrogen-bond acceptors (Lipinski definition) is 3. The lowest BCUT2D eigenvalue weighted by Gasteiger charge is -2.32. The maximum Gasteiger partial charge on any atom is 0.498 e. The van der Waals surface area contributed by atoms with Gasteiger partial charge in [-0.2, -0.15) is 5.10 Å². The Kier molecular flexibility index (Phi) is 2.87. The Bertz CT molecular complexity index is 410. The van der Waals surface area contributed by atoms with Crippen molar-refractivity contribution in [3.05, 3.63) is 11.9 Å². The predicted octanol–water partition coefficient (Wildman–Crippen LogP) is 1.28. The molecule has 0 aliphatic carbocycles. The summed E-state index contributed by atoms with van der Waals surface area (Å²) in [7, 11) is 1.65. The average Bonchev–Trinajstić information content (AvgIpc) is 2.65. The van der Waals surface area contributed by atoms with Crippen molar-refractivity contribution in [3.8, 4) is 0 Å². The third-order valence-electron chi connectivity index (χ3n) is 3.94. The van der Waals surface area contributed by atoms with Gasteiger partial charge in [0, 0.05) is 24.4 Å². The fraction of sp³-hybridized carbons (Fsp3) is 0.750. The van der Waals surface area contributed by atoms with E-state index < -0.39 is 0 Å². The Balaban J connectivity index is 2.32. The van der Waals surface area contributed by atoms with E-state index in [1.165, 1.54) is 5.69 Å². The molecule has 2 rings (SSSR count). The van der Waals surface area contributed by atoms with Crippen LogP contribution in [-0.4, -0.2) is 28.1 Å². The van der Waals surface area contributed by atoms with Gasteiger partial charge in [-0.3, -0.25) is 4.68 Å². The molecule has 17 heavy (non-hydrogen) atoms. The Labute approximate surface area is 103 Å². The molecule has 4 nitrogen and oxygen atoms in total. The largest absolute Gasteiger partial charge is 0.498 e. The van der Waals surface area contributed by atoms with Crippen LogP contribution in [0.15, 0.2) is 6.20 Å². The smallest absolute Gasteiger partial charge is 0.399 e. The molecule has 1 aliphatic rings. The summed E-state index contributed by atoms with van der Waals surface area (Å²) in [5.41, 5.74) is 1.63. The zero-order valence-electron chi connectivity index (χ0n) is 11.6. The van der Waals surface area contributed by atoms with Gasteiger partial charge in [0.1, 0.15) is 0 Å². The predicted molar refractivity (Wildman–Crippen MR) is 68.3 cm³/mol. The van der Waals surface area contributed by atoms with Gasteiger partial charge in [-0.05, 0) is 34.1 Å². The van der Waals surface area contributed by atoms with Crippen LogP contribution >= 0.6 is 0 Å². The summed E-state index contributed by atoms with van der Waals surface area (Å²) in [6.07, 6.45) is 2.77. The summed E-state index contributed by atoms with van der Waals surface area (Å²) in [6, 6.07) is 0. The van der Waals surface area contributed by atoms with E-state index in [0.717, 1.165) is 11.9 Å². The van der Waals surface area contributed by atoms with Crippen molar-refractivity contribution in [3.63, 3.8) is 0 Å². The Morgan fingerprint density at radius 1 is 1.24 bits per heavy atom. The normalized spacial score (nSPS) is 22.1. The van der Waals surface area contributed by atoms with Crippen molar-refractivity contribution < 1.29 is 9.31 Å². The molecule has 94 valence electrons. The third-order valence-corrected chi connectivity index (χ3v) is 3.94. The first-order valence-corrected chi connectivity index (χ1v) is 6.15. The van der Waals surface area contributed by atoms with Crippen molar-refractivity contribution >= 4 is 12.6 Å². The van der Waals surface area contributed by atoms with Crippen molar-refractivity contribution in [1.82, 2.24) is 9.78 Å². The topological polar surface area (TPSA) is 36.3 Å². The van der Waals surface area contributed by atoms with Gasteiger partial charge in [0.15, 0.2) is 0 Å². The van der Waals surface area contributed by atoms with E-state index in [2.05, 4.69) is 39.7 Å². The van der Waals surface area contributed by atoms with Crippen molar-refractivity contribution in [2.75, 3.05) is 0 Å². The summed E-state index contributed by atoms with van der Waals surface area (Å²) in [5, 5.41) is 4.28. The SMILES string of the molecule is CCc1c(B2OC(C)(C)C(C)(C)O2)cnn1C. The summed E-state index contributed by atoms with van der Waals surface area (Å²) in [6.45, 7) is 10.4. The second-order valence-corrected chi connectivity index (χ2v) is 5.61. The van der Waals surface area contributed by atoms with Crippen LogP contribution in [0, 0.1) is 0 Å².